The molecule has 4 rings (SSSR count). The van der Waals surface area contributed by atoms with E-state index in [-0.39, 0.29) is 12.4 Å². The van der Waals surface area contributed by atoms with Gasteiger partial charge in [-0.25, -0.2) is 4.39 Å². The number of rotatable bonds is 9. The summed E-state index contributed by atoms with van der Waals surface area (Å²) in [6, 6.07) is 1.78. The van der Waals surface area contributed by atoms with Crippen molar-refractivity contribution < 1.29 is 31.4 Å². The number of halogens is 5. The lowest BCUT2D eigenvalue weighted by molar-refractivity contribution is -0.228. The maximum Gasteiger partial charge on any atom is 0.429 e. The predicted octanol–water partition coefficient (Wildman–Crippen LogP) is 9.25. The van der Waals surface area contributed by atoms with Gasteiger partial charge in [0.15, 0.2) is 11.6 Å². The lowest BCUT2D eigenvalue weighted by Gasteiger charge is -2.40. The topological polar surface area (TPSA) is 18.5 Å². The Bertz CT molecular complexity index is 944. The Morgan fingerprint density at radius 3 is 2.05 bits per heavy atom. The van der Waals surface area contributed by atoms with Crippen LogP contribution in [0.25, 0.3) is 0 Å². The van der Waals surface area contributed by atoms with Gasteiger partial charge in [-0.05, 0) is 118 Å². The van der Waals surface area contributed by atoms with Crippen molar-refractivity contribution in [1.82, 2.24) is 0 Å². The second kappa shape index (κ2) is 12.7. The van der Waals surface area contributed by atoms with Gasteiger partial charge in [0, 0.05) is 6.42 Å². The summed E-state index contributed by atoms with van der Waals surface area (Å²) in [5.74, 6) is -0.156. The monoisotopic (exact) mass is 526 g/mol. The van der Waals surface area contributed by atoms with Crippen LogP contribution in [0.15, 0.2) is 36.1 Å². The van der Waals surface area contributed by atoms with Gasteiger partial charge >= 0.3 is 6.11 Å². The molecule has 3 aliphatic carbocycles. The molecule has 1 aromatic carbocycles. The first-order valence-electron chi connectivity index (χ1n) is 13.8. The van der Waals surface area contributed by atoms with E-state index >= 15 is 0 Å². The molecule has 0 spiro atoms. The van der Waals surface area contributed by atoms with Crippen LogP contribution in [0, 0.1) is 41.2 Å². The average Bonchev–Trinajstić information content (AvgIpc) is 2.91. The van der Waals surface area contributed by atoms with E-state index in [4.69, 9.17) is 4.74 Å². The molecule has 2 nitrogen and oxygen atoms in total. The largest absolute Gasteiger partial charge is 0.494 e. The van der Waals surface area contributed by atoms with Crippen LogP contribution in [0.1, 0.15) is 82.6 Å². The van der Waals surface area contributed by atoms with Crippen LogP contribution in [-0.2, 0) is 10.8 Å². The van der Waals surface area contributed by atoms with Crippen molar-refractivity contribution in [3.05, 3.63) is 53.3 Å². The second-order valence-corrected chi connectivity index (χ2v) is 11.0. The van der Waals surface area contributed by atoms with Crippen molar-refractivity contribution in [2.45, 2.75) is 83.2 Å². The molecular weight excluding hydrogens is 487 g/mol. The van der Waals surface area contributed by atoms with E-state index in [0.29, 0.717) is 37.0 Å². The summed E-state index contributed by atoms with van der Waals surface area (Å²) >= 11 is 0. The van der Waals surface area contributed by atoms with E-state index in [0.717, 1.165) is 37.5 Å². The third-order valence-corrected chi connectivity index (χ3v) is 8.90. The molecule has 0 aromatic heterocycles. The van der Waals surface area contributed by atoms with Crippen LogP contribution >= 0.6 is 0 Å². The first-order chi connectivity index (χ1) is 17.8. The Balaban J connectivity index is 1.24. The van der Waals surface area contributed by atoms with Gasteiger partial charge < -0.3 is 9.47 Å². The standard InChI is InChI=1S/C30H39F5O2/c1-36-27-18-17-26(28(32)29(27)33)30(34,35)37-25-15-13-24(14-16-25)23-11-9-22(10-12-23)21-7-5-20(6-8-21)4-2-3-19-31/h2,4,15,17-18,20-24H,3,5-14,16,19H2,1H3. The van der Waals surface area contributed by atoms with Gasteiger partial charge in [-0.15, -0.1) is 0 Å². The number of hydrogen-bond donors (Lipinski definition) is 0. The zero-order valence-corrected chi connectivity index (χ0v) is 21.7. The summed E-state index contributed by atoms with van der Waals surface area (Å²) < 4.78 is 79.3. The molecule has 2 saturated carbocycles. The molecule has 1 atom stereocenters. The fourth-order valence-electron chi connectivity index (χ4n) is 6.73. The van der Waals surface area contributed by atoms with Gasteiger partial charge in [-0.1, -0.05) is 12.2 Å². The zero-order valence-electron chi connectivity index (χ0n) is 21.7. The number of hydrogen-bond acceptors (Lipinski definition) is 2. The minimum absolute atomic E-state index is 0.142. The summed E-state index contributed by atoms with van der Waals surface area (Å²) in [5.41, 5.74) is -1.13. The van der Waals surface area contributed by atoms with Crippen LogP contribution in [0.5, 0.6) is 5.75 Å². The van der Waals surface area contributed by atoms with Crippen molar-refractivity contribution in [2.75, 3.05) is 13.8 Å². The summed E-state index contributed by atoms with van der Waals surface area (Å²) in [4.78, 5) is 0. The smallest absolute Gasteiger partial charge is 0.429 e. The first kappa shape index (κ1) is 28.0. The van der Waals surface area contributed by atoms with Gasteiger partial charge in [-0.3, -0.25) is 4.39 Å². The fourth-order valence-corrected chi connectivity index (χ4v) is 6.73. The van der Waals surface area contributed by atoms with Gasteiger partial charge in [0.2, 0.25) is 5.82 Å². The van der Waals surface area contributed by atoms with E-state index < -0.39 is 29.1 Å². The van der Waals surface area contributed by atoms with E-state index in [1.165, 1.54) is 51.4 Å². The van der Waals surface area contributed by atoms with Crippen molar-refractivity contribution in [3.8, 4) is 5.75 Å². The molecule has 2 fully saturated rings. The lowest BCUT2D eigenvalue weighted by Crippen LogP contribution is -2.29. The van der Waals surface area contributed by atoms with Gasteiger partial charge in [0.05, 0.1) is 19.5 Å². The molecule has 1 unspecified atom stereocenters. The van der Waals surface area contributed by atoms with Gasteiger partial charge in [0.1, 0.15) is 5.56 Å². The Morgan fingerprint density at radius 1 is 0.865 bits per heavy atom. The molecule has 7 heteroatoms. The third kappa shape index (κ3) is 6.88. The van der Waals surface area contributed by atoms with E-state index in [1.54, 1.807) is 6.08 Å². The Labute approximate surface area is 217 Å². The highest BCUT2D eigenvalue weighted by molar-refractivity contribution is 5.32. The quantitative estimate of drug-likeness (QED) is 0.236. The van der Waals surface area contributed by atoms with E-state index in [9.17, 15) is 22.0 Å². The van der Waals surface area contributed by atoms with Crippen molar-refractivity contribution in [2.24, 2.45) is 29.6 Å². The van der Waals surface area contributed by atoms with E-state index in [1.807, 2.05) is 6.08 Å². The van der Waals surface area contributed by atoms with Crippen molar-refractivity contribution >= 4 is 0 Å². The highest BCUT2D eigenvalue weighted by Gasteiger charge is 2.41. The molecule has 0 aliphatic heterocycles. The first-order valence-corrected chi connectivity index (χ1v) is 13.8. The molecular formula is C30H39F5O2. The number of alkyl halides is 3. The van der Waals surface area contributed by atoms with Crippen LogP contribution in [0.2, 0.25) is 0 Å². The number of methoxy groups -OCH3 is 1. The summed E-state index contributed by atoms with van der Waals surface area (Å²) in [5, 5.41) is 0. The maximum absolute atomic E-state index is 14.7. The molecule has 0 bridgehead atoms. The molecule has 0 saturated heterocycles. The lowest BCUT2D eigenvalue weighted by atomic mass is 9.66. The van der Waals surface area contributed by atoms with Crippen LogP contribution in [0.4, 0.5) is 22.0 Å². The van der Waals surface area contributed by atoms with Crippen molar-refractivity contribution in [1.29, 1.82) is 0 Å². The maximum atomic E-state index is 14.7. The number of benzene rings is 1. The van der Waals surface area contributed by atoms with Crippen LogP contribution < -0.4 is 4.74 Å². The number of allylic oxidation sites excluding steroid dienone is 4. The number of ether oxygens (including phenoxy) is 2. The highest BCUT2D eigenvalue weighted by Crippen LogP contribution is 2.46. The molecule has 0 amide bonds. The Hall–Kier alpha value is -2.05. The summed E-state index contributed by atoms with van der Waals surface area (Å²) in [6.45, 7) is -0.280. The average molecular weight is 527 g/mol. The zero-order chi connectivity index (χ0) is 26.4. The van der Waals surface area contributed by atoms with Crippen LogP contribution in [0.3, 0.4) is 0 Å². The summed E-state index contributed by atoms with van der Waals surface area (Å²) in [6.07, 6.45) is 14.1. The molecule has 206 valence electrons. The fraction of sp³-hybridized carbons (Fsp3) is 0.667. The van der Waals surface area contributed by atoms with Gasteiger partial charge in [-0.2, -0.15) is 13.2 Å². The molecule has 0 heterocycles. The summed E-state index contributed by atoms with van der Waals surface area (Å²) in [7, 11) is 1.14. The minimum Gasteiger partial charge on any atom is -0.494 e. The van der Waals surface area contributed by atoms with Crippen LogP contribution in [-0.4, -0.2) is 13.8 Å². The normalized spacial score (nSPS) is 29.2. The highest BCUT2D eigenvalue weighted by atomic mass is 19.3. The Morgan fingerprint density at radius 2 is 1.49 bits per heavy atom. The molecule has 0 N–H and O–H groups in total. The minimum atomic E-state index is -3.96. The molecule has 0 radical (unpaired) electrons. The molecule has 1 aromatic rings. The molecule has 3 aliphatic rings. The predicted molar refractivity (Wildman–Crippen MR) is 134 cm³/mol. The third-order valence-electron chi connectivity index (χ3n) is 8.90. The second-order valence-electron chi connectivity index (χ2n) is 11.0. The van der Waals surface area contributed by atoms with Gasteiger partial charge in [0.25, 0.3) is 0 Å². The van der Waals surface area contributed by atoms with Crippen molar-refractivity contribution in [3.63, 3.8) is 0 Å². The van der Waals surface area contributed by atoms with E-state index in [2.05, 4.69) is 10.8 Å². The SMILES string of the molecule is COc1ccc(C(F)(F)OC2=CCC(C3CCC(C4CCC(C=CCCF)CC4)CC3)CC2)c(F)c1F. The molecule has 37 heavy (non-hydrogen) atoms. The Kier molecular flexibility index (Phi) is 9.57.